The van der Waals surface area contributed by atoms with Gasteiger partial charge >= 0.3 is 0 Å². The number of anilines is 1. The summed E-state index contributed by atoms with van der Waals surface area (Å²) in [5.41, 5.74) is 3.01. The number of nitrogens with zero attached hydrogens (tertiary/aromatic N) is 1. The van der Waals surface area contributed by atoms with Gasteiger partial charge in [-0.3, -0.25) is 9.59 Å². The van der Waals surface area contributed by atoms with E-state index in [2.05, 4.69) is 5.32 Å². The molecule has 24 heavy (non-hydrogen) atoms. The molecule has 1 heterocycles. The Kier molecular flexibility index (Phi) is 4.94. The Morgan fingerprint density at radius 1 is 0.875 bits per heavy atom. The third-order valence-electron chi connectivity index (χ3n) is 4.43. The van der Waals surface area contributed by atoms with Crippen molar-refractivity contribution in [1.82, 2.24) is 4.90 Å². The standard InChI is InChI=1S/C20H22N2O2/c1-15-7-3-4-8-18(15)21-19(23)16-9-11-17(12-10-16)20(24)22-13-5-2-6-14-22/h3-4,7-12H,2,5-6,13-14H2,1H3,(H,21,23). The van der Waals surface area contributed by atoms with Gasteiger partial charge in [-0.25, -0.2) is 0 Å². The van der Waals surface area contributed by atoms with Crippen molar-refractivity contribution in [3.63, 3.8) is 0 Å². The average Bonchev–Trinajstić information content (AvgIpc) is 2.64. The van der Waals surface area contributed by atoms with Crippen LogP contribution < -0.4 is 5.32 Å². The van der Waals surface area contributed by atoms with Gasteiger partial charge in [0, 0.05) is 29.9 Å². The van der Waals surface area contributed by atoms with Crippen LogP contribution in [-0.2, 0) is 0 Å². The Morgan fingerprint density at radius 2 is 1.50 bits per heavy atom. The molecule has 0 unspecified atom stereocenters. The van der Waals surface area contributed by atoms with E-state index in [9.17, 15) is 9.59 Å². The molecule has 1 N–H and O–H groups in total. The maximum atomic E-state index is 12.4. The largest absolute Gasteiger partial charge is 0.339 e. The summed E-state index contributed by atoms with van der Waals surface area (Å²) in [5, 5.41) is 2.90. The van der Waals surface area contributed by atoms with Crippen molar-refractivity contribution < 1.29 is 9.59 Å². The van der Waals surface area contributed by atoms with Gasteiger partial charge in [0.15, 0.2) is 0 Å². The summed E-state index contributed by atoms with van der Waals surface area (Å²) in [6.45, 7) is 3.61. The molecule has 1 aliphatic rings. The summed E-state index contributed by atoms with van der Waals surface area (Å²) in [6, 6.07) is 14.6. The fraction of sp³-hybridized carbons (Fsp3) is 0.300. The summed E-state index contributed by atoms with van der Waals surface area (Å²) in [4.78, 5) is 26.7. The van der Waals surface area contributed by atoms with Crippen LogP contribution in [0.1, 0.15) is 45.5 Å². The van der Waals surface area contributed by atoms with Gasteiger partial charge in [-0.2, -0.15) is 0 Å². The topological polar surface area (TPSA) is 49.4 Å². The molecular formula is C20H22N2O2. The normalized spacial score (nSPS) is 14.3. The van der Waals surface area contributed by atoms with Crippen molar-refractivity contribution in [2.75, 3.05) is 18.4 Å². The first-order valence-corrected chi connectivity index (χ1v) is 8.41. The molecule has 4 heteroatoms. The molecule has 1 saturated heterocycles. The highest BCUT2D eigenvalue weighted by molar-refractivity contribution is 6.05. The lowest BCUT2D eigenvalue weighted by Crippen LogP contribution is -2.35. The number of amides is 2. The molecule has 0 aromatic heterocycles. The van der Waals surface area contributed by atoms with E-state index in [-0.39, 0.29) is 11.8 Å². The number of benzene rings is 2. The number of rotatable bonds is 3. The number of nitrogens with one attached hydrogen (secondary N) is 1. The van der Waals surface area contributed by atoms with Crippen molar-refractivity contribution in [3.8, 4) is 0 Å². The van der Waals surface area contributed by atoms with Crippen LogP contribution in [0, 0.1) is 6.92 Å². The fourth-order valence-corrected chi connectivity index (χ4v) is 2.95. The molecule has 0 saturated carbocycles. The summed E-state index contributed by atoms with van der Waals surface area (Å²) >= 11 is 0. The zero-order valence-corrected chi connectivity index (χ0v) is 13.9. The van der Waals surface area contributed by atoms with Gasteiger partial charge in [-0.15, -0.1) is 0 Å². The second-order valence-corrected chi connectivity index (χ2v) is 6.20. The smallest absolute Gasteiger partial charge is 0.255 e. The van der Waals surface area contributed by atoms with Crippen molar-refractivity contribution in [3.05, 3.63) is 65.2 Å². The van der Waals surface area contributed by atoms with E-state index < -0.39 is 0 Å². The lowest BCUT2D eigenvalue weighted by Gasteiger charge is -2.26. The van der Waals surface area contributed by atoms with Gasteiger partial charge < -0.3 is 10.2 Å². The molecule has 2 amide bonds. The van der Waals surface area contributed by atoms with Gasteiger partial charge in [-0.1, -0.05) is 18.2 Å². The van der Waals surface area contributed by atoms with E-state index in [0.717, 1.165) is 37.2 Å². The monoisotopic (exact) mass is 322 g/mol. The van der Waals surface area contributed by atoms with Crippen LogP contribution in [0.15, 0.2) is 48.5 Å². The van der Waals surface area contributed by atoms with Crippen LogP contribution in [0.2, 0.25) is 0 Å². The fourth-order valence-electron chi connectivity index (χ4n) is 2.95. The number of piperidine rings is 1. The van der Waals surface area contributed by atoms with Crippen molar-refractivity contribution in [2.45, 2.75) is 26.2 Å². The Morgan fingerprint density at radius 3 is 2.17 bits per heavy atom. The van der Waals surface area contributed by atoms with Gasteiger partial charge in [0.2, 0.25) is 0 Å². The van der Waals surface area contributed by atoms with Crippen LogP contribution in [0.3, 0.4) is 0 Å². The average molecular weight is 322 g/mol. The highest BCUT2D eigenvalue weighted by atomic mass is 16.2. The Labute approximate surface area is 142 Å². The van der Waals surface area contributed by atoms with Gasteiger partial charge in [0.1, 0.15) is 0 Å². The van der Waals surface area contributed by atoms with Crippen LogP contribution in [0.25, 0.3) is 0 Å². The molecular weight excluding hydrogens is 300 g/mol. The molecule has 0 spiro atoms. The zero-order chi connectivity index (χ0) is 16.9. The first-order valence-electron chi connectivity index (χ1n) is 8.41. The molecule has 2 aromatic rings. The maximum Gasteiger partial charge on any atom is 0.255 e. The zero-order valence-electron chi connectivity index (χ0n) is 13.9. The summed E-state index contributed by atoms with van der Waals surface area (Å²) in [6.07, 6.45) is 3.34. The maximum absolute atomic E-state index is 12.4. The van der Waals surface area contributed by atoms with Crippen LogP contribution in [-0.4, -0.2) is 29.8 Å². The minimum Gasteiger partial charge on any atom is -0.339 e. The highest BCUT2D eigenvalue weighted by Gasteiger charge is 2.18. The molecule has 1 aliphatic heterocycles. The van der Waals surface area contributed by atoms with E-state index in [4.69, 9.17) is 0 Å². The van der Waals surface area contributed by atoms with E-state index in [0.29, 0.717) is 11.1 Å². The predicted octanol–water partition coefficient (Wildman–Crippen LogP) is 3.87. The molecule has 0 atom stereocenters. The van der Waals surface area contributed by atoms with E-state index in [1.54, 1.807) is 24.3 Å². The minimum absolute atomic E-state index is 0.0561. The van der Waals surface area contributed by atoms with Crippen LogP contribution in [0.5, 0.6) is 0 Å². The van der Waals surface area contributed by atoms with Crippen molar-refractivity contribution >= 4 is 17.5 Å². The first-order chi connectivity index (χ1) is 11.6. The van der Waals surface area contributed by atoms with E-state index in [1.807, 2.05) is 36.1 Å². The van der Waals surface area contributed by atoms with Crippen molar-refractivity contribution in [1.29, 1.82) is 0 Å². The number of hydrogen-bond donors (Lipinski definition) is 1. The second kappa shape index (κ2) is 7.30. The Bertz CT molecular complexity index is 732. The molecule has 4 nitrogen and oxygen atoms in total. The quantitative estimate of drug-likeness (QED) is 0.932. The predicted molar refractivity (Wildman–Crippen MR) is 95.3 cm³/mol. The second-order valence-electron chi connectivity index (χ2n) is 6.20. The first kappa shape index (κ1) is 16.2. The number of para-hydroxylation sites is 1. The molecule has 1 fully saturated rings. The molecule has 2 aromatic carbocycles. The Hall–Kier alpha value is -2.62. The third-order valence-corrected chi connectivity index (χ3v) is 4.43. The van der Waals surface area contributed by atoms with E-state index >= 15 is 0 Å². The summed E-state index contributed by atoms with van der Waals surface area (Å²) < 4.78 is 0. The molecule has 0 bridgehead atoms. The van der Waals surface area contributed by atoms with E-state index in [1.165, 1.54) is 6.42 Å². The number of likely N-dealkylation sites (tertiary alicyclic amines) is 1. The minimum atomic E-state index is -0.165. The molecule has 0 aliphatic carbocycles. The van der Waals surface area contributed by atoms with Gasteiger partial charge in [0.05, 0.1) is 0 Å². The van der Waals surface area contributed by atoms with Gasteiger partial charge in [0.25, 0.3) is 11.8 Å². The van der Waals surface area contributed by atoms with Crippen LogP contribution in [0.4, 0.5) is 5.69 Å². The molecule has 3 rings (SSSR count). The number of carbonyl (C=O) groups excluding carboxylic acids is 2. The van der Waals surface area contributed by atoms with Crippen LogP contribution >= 0.6 is 0 Å². The molecule has 124 valence electrons. The van der Waals surface area contributed by atoms with Gasteiger partial charge in [-0.05, 0) is 62.1 Å². The lowest BCUT2D eigenvalue weighted by molar-refractivity contribution is 0.0724. The summed E-state index contributed by atoms with van der Waals surface area (Å²) in [7, 11) is 0. The number of aryl methyl sites for hydroxylation is 1. The third kappa shape index (κ3) is 3.65. The highest BCUT2D eigenvalue weighted by Crippen LogP contribution is 2.16. The molecule has 0 radical (unpaired) electrons. The Balaban J connectivity index is 1.68. The number of carbonyl (C=O) groups is 2. The van der Waals surface area contributed by atoms with Crippen molar-refractivity contribution in [2.24, 2.45) is 0 Å². The SMILES string of the molecule is Cc1ccccc1NC(=O)c1ccc(C(=O)N2CCCCC2)cc1. The number of hydrogen-bond acceptors (Lipinski definition) is 2. The lowest BCUT2D eigenvalue weighted by atomic mass is 10.1. The summed E-state index contributed by atoms with van der Waals surface area (Å²) in [5.74, 6) is -0.109.